The van der Waals surface area contributed by atoms with Gasteiger partial charge >= 0.3 is 0 Å². The van der Waals surface area contributed by atoms with Crippen molar-refractivity contribution in [2.75, 3.05) is 24.4 Å². The number of aliphatic hydroxyl groups excluding tert-OH is 1. The van der Waals surface area contributed by atoms with E-state index in [4.69, 9.17) is 9.47 Å². The molecular weight excluding hydrogens is 407 g/mol. The van der Waals surface area contributed by atoms with E-state index in [1.165, 1.54) is 11.6 Å². The van der Waals surface area contributed by atoms with Gasteiger partial charge in [0.1, 0.15) is 6.79 Å². The second kappa shape index (κ2) is 12.9. The van der Waals surface area contributed by atoms with Crippen molar-refractivity contribution in [2.45, 2.75) is 64.9 Å². The van der Waals surface area contributed by atoms with Gasteiger partial charge in [-0.3, -0.25) is 0 Å². The normalized spacial score (nSPS) is 15.9. The lowest BCUT2D eigenvalue weighted by atomic mass is 9.98. The van der Waals surface area contributed by atoms with Crippen LogP contribution in [0.25, 0.3) is 0 Å². The summed E-state index contributed by atoms with van der Waals surface area (Å²) >= 11 is 2.24. The highest BCUT2D eigenvalue weighted by Crippen LogP contribution is 2.15. The van der Waals surface area contributed by atoms with Gasteiger partial charge in [-0.15, -0.1) is 0 Å². The predicted octanol–water partition coefficient (Wildman–Crippen LogP) is 4.86. The molecule has 22 heavy (non-hydrogen) atoms. The highest BCUT2D eigenvalue weighted by Gasteiger charge is 2.11. The summed E-state index contributed by atoms with van der Waals surface area (Å²) in [6, 6.07) is 1.19. The van der Waals surface area contributed by atoms with Crippen molar-refractivity contribution in [3.8, 4) is 0 Å². The molecule has 132 valence electrons. The van der Waals surface area contributed by atoms with Crippen LogP contribution in [0.5, 0.6) is 0 Å². The van der Waals surface area contributed by atoms with Gasteiger partial charge in [-0.05, 0) is 38.1 Å². The smallest absolute Gasteiger partial charge is 0.147 e. The third-order valence-electron chi connectivity index (χ3n) is 3.50. The molecule has 0 saturated carbocycles. The van der Waals surface area contributed by atoms with Crippen molar-refractivity contribution < 1.29 is 14.6 Å². The number of rotatable bonds is 13. The quantitative estimate of drug-likeness (QED) is 0.111. The highest BCUT2D eigenvalue weighted by molar-refractivity contribution is 14.1. The van der Waals surface area contributed by atoms with Crippen LogP contribution in [0.2, 0.25) is 25.7 Å². The molecule has 0 rings (SSSR count). The average Bonchev–Trinajstić information content (AvgIpc) is 2.41. The maximum Gasteiger partial charge on any atom is 0.147 e. The molecule has 0 aliphatic carbocycles. The van der Waals surface area contributed by atoms with Crippen LogP contribution in [0.15, 0.2) is 11.6 Å². The lowest BCUT2D eigenvalue weighted by molar-refractivity contribution is -0.0413. The van der Waals surface area contributed by atoms with E-state index in [1.54, 1.807) is 0 Å². The van der Waals surface area contributed by atoms with Gasteiger partial charge in [0.05, 0.1) is 12.7 Å². The second-order valence-electron chi connectivity index (χ2n) is 7.46. The molecular formula is C17H35IO3Si. The van der Waals surface area contributed by atoms with Gasteiger partial charge in [0.25, 0.3) is 0 Å². The van der Waals surface area contributed by atoms with E-state index in [-0.39, 0.29) is 6.10 Å². The van der Waals surface area contributed by atoms with Crippen molar-refractivity contribution in [1.82, 2.24) is 0 Å². The third kappa shape index (κ3) is 15.5. The van der Waals surface area contributed by atoms with Crippen molar-refractivity contribution >= 4 is 30.7 Å². The minimum absolute atomic E-state index is 0.155. The number of hydrogen-bond donors (Lipinski definition) is 1. The van der Waals surface area contributed by atoms with E-state index in [2.05, 4.69) is 62.2 Å². The summed E-state index contributed by atoms with van der Waals surface area (Å²) in [5, 5.41) is 9.62. The molecule has 0 aliphatic heterocycles. The summed E-state index contributed by atoms with van der Waals surface area (Å²) in [6.07, 6.45) is 5.17. The Morgan fingerprint density at radius 1 is 1.27 bits per heavy atom. The Hall–Kier alpha value is 0.567. The van der Waals surface area contributed by atoms with E-state index >= 15 is 0 Å². The van der Waals surface area contributed by atoms with E-state index in [0.29, 0.717) is 19.3 Å². The number of aliphatic hydroxyl groups is 1. The SMILES string of the molecule is C/C(=C\CC[C@H](C)C[C@@H](O)CI)COCOCC[Si](C)(C)C. The first-order valence-corrected chi connectivity index (χ1v) is 13.5. The summed E-state index contributed by atoms with van der Waals surface area (Å²) in [5.74, 6) is 0.569. The molecule has 0 aromatic heterocycles. The molecule has 0 radical (unpaired) electrons. The van der Waals surface area contributed by atoms with Gasteiger partial charge in [-0.1, -0.05) is 60.8 Å². The zero-order chi connectivity index (χ0) is 17.0. The maximum absolute atomic E-state index is 9.62. The number of halogens is 1. The lowest BCUT2D eigenvalue weighted by Gasteiger charge is -2.15. The fraction of sp³-hybridized carbons (Fsp3) is 0.882. The predicted molar refractivity (Wildman–Crippen MR) is 107 cm³/mol. The van der Waals surface area contributed by atoms with Gasteiger partial charge in [-0.25, -0.2) is 0 Å². The Morgan fingerprint density at radius 2 is 1.95 bits per heavy atom. The summed E-state index contributed by atoms with van der Waals surface area (Å²) < 4.78 is 11.9. The molecule has 0 aromatic rings. The zero-order valence-electron chi connectivity index (χ0n) is 15.0. The molecule has 1 N–H and O–H groups in total. The zero-order valence-corrected chi connectivity index (χ0v) is 18.2. The Bertz CT molecular complexity index is 303. The fourth-order valence-electron chi connectivity index (χ4n) is 2.02. The molecule has 0 saturated heterocycles. The van der Waals surface area contributed by atoms with Gasteiger partial charge in [0.2, 0.25) is 0 Å². The first-order valence-electron chi connectivity index (χ1n) is 8.29. The molecule has 3 nitrogen and oxygen atoms in total. The van der Waals surface area contributed by atoms with Crippen molar-refractivity contribution in [2.24, 2.45) is 5.92 Å². The van der Waals surface area contributed by atoms with Gasteiger partial charge in [0, 0.05) is 19.1 Å². The Labute approximate surface area is 152 Å². The van der Waals surface area contributed by atoms with Crippen molar-refractivity contribution in [3.05, 3.63) is 11.6 Å². The summed E-state index contributed by atoms with van der Waals surface area (Å²) in [5.41, 5.74) is 1.26. The Morgan fingerprint density at radius 3 is 2.55 bits per heavy atom. The molecule has 2 atom stereocenters. The molecule has 0 aliphatic rings. The van der Waals surface area contributed by atoms with Gasteiger partial charge < -0.3 is 14.6 Å². The van der Waals surface area contributed by atoms with Crippen LogP contribution in [0.1, 0.15) is 33.1 Å². The minimum Gasteiger partial charge on any atom is -0.392 e. The molecule has 0 amide bonds. The number of ether oxygens (including phenoxy) is 2. The van der Waals surface area contributed by atoms with Crippen molar-refractivity contribution in [1.29, 1.82) is 0 Å². The van der Waals surface area contributed by atoms with E-state index in [1.807, 2.05) is 0 Å². The van der Waals surface area contributed by atoms with Crippen LogP contribution in [0.4, 0.5) is 0 Å². The van der Waals surface area contributed by atoms with Crippen LogP contribution in [-0.2, 0) is 9.47 Å². The second-order valence-corrected chi connectivity index (χ2v) is 14.0. The molecule has 0 aromatic carbocycles. The summed E-state index contributed by atoms with van der Waals surface area (Å²) in [4.78, 5) is 0. The van der Waals surface area contributed by atoms with Crippen LogP contribution in [0.3, 0.4) is 0 Å². The topological polar surface area (TPSA) is 38.7 Å². The van der Waals surface area contributed by atoms with E-state index in [9.17, 15) is 5.11 Å². The monoisotopic (exact) mass is 442 g/mol. The minimum atomic E-state index is -0.993. The van der Waals surface area contributed by atoms with Crippen LogP contribution in [-0.4, -0.2) is 43.7 Å². The van der Waals surface area contributed by atoms with Gasteiger partial charge in [-0.2, -0.15) is 0 Å². The number of allylic oxidation sites excluding steroid dienone is 1. The number of alkyl halides is 1. The summed E-state index contributed by atoms with van der Waals surface area (Å²) in [7, 11) is -0.993. The van der Waals surface area contributed by atoms with Gasteiger partial charge in [0.15, 0.2) is 0 Å². The van der Waals surface area contributed by atoms with Crippen molar-refractivity contribution in [3.63, 3.8) is 0 Å². The van der Waals surface area contributed by atoms with E-state index < -0.39 is 8.07 Å². The van der Waals surface area contributed by atoms with E-state index in [0.717, 1.165) is 30.3 Å². The molecule has 0 fully saturated rings. The molecule has 0 unspecified atom stereocenters. The standard InChI is InChI=1S/C17H35IO3Si/c1-15(11-17(19)12-18)7-6-8-16(2)13-21-14-20-9-10-22(3,4)5/h8,15,17,19H,6-7,9-14H2,1-5H3/b16-8+/t15-,17+/m0/s1. The first kappa shape index (κ1) is 22.6. The van der Waals surface area contributed by atoms with Crippen LogP contribution < -0.4 is 0 Å². The lowest BCUT2D eigenvalue weighted by Crippen LogP contribution is -2.22. The van der Waals surface area contributed by atoms with Crippen LogP contribution in [0, 0.1) is 5.92 Å². The molecule has 0 spiro atoms. The summed E-state index contributed by atoms with van der Waals surface area (Å²) in [6.45, 7) is 13.2. The third-order valence-corrected chi connectivity index (χ3v) is 6.22. The molecule has 5 heteroatoms. The average molecular weight is 442 g/mol. The highest BCUT2D eigenvalue weighted by atomic mass is 127. The first-order chi connectivity index (χ1) is 10.2. The number of hydrogen-bond acceptors (Lipinski definition) is 3. The maximum atomic E-state index is 9.62. The fourth-order valence-corrected chi connectivity index (χ4v) is 3.13. The molecule has 0 bridgehead atoms. The van der Waals surface area contributed by atoms with Crippen LogP contribution >= 0.6 is 22.6 Å². The Balaban J connectivity index is 3.61. The largest absolute Gasteiger partial charge is 0.392 e. The molecule has 0 heterocycles. The Kier molecular flexibility index (Phi) is 13.3.